The third-order valence-electron chi connectivity index (χ3n) is 2.32. The van der Waals surface area contributed by atoms with Crippen molar-refractivity contribution in [3.63, 3.8) is 0 Å². The maximum Gasteiger partial charge on any atom is 0.314 e. The zero-order valence-electron chi connectivity index (χ0n) is 10.6. The van der Waals surface area contributed by atoms with Crippen LogP contribution in [0, 0.1) is 0 Å². The molecule has 19 heavy (non-hydrogen) atoms. The molecule has 1 aromatic rings. The lowest BCUT2D eigenvalue weighted by Gasteiger charge is -2.14. The second-order valence-corrected chi connectivity index (χ2v) is 3.76. The molecule has 0 aliphatic heterocycles. The summed E-state index contributed by atoms with van der Waals surface area (Å²) < 4.78 is 6.52. The van der Waals surface area contributed by atoms with Crippen LogP contribution in [0.4, 0.5) is 4.79 Å². The van der Waals surface area contributed by atoms with Gasteiger partial charge in [-0.3, -0.25) is 9.48 Å². The van der Waals surface area contributed by atoms with Gasteiger partial charge in [0.25, 0.3) is 0 Å². The van der Waals surface area contributed by atoms with Crippen LogP contribution in [0.2, 0.25) is 0 Å². The van der Waals surface area contributed by atoms with E-state index in [1.807, 2.05) is 0 Å². The lowest BCUT2D eigenvalue weighted by molar-refractivity contribution is -0.139. The smallest absolute Gasteiger partial charge is 0.314 e. The molecule has 1 unspecified atom stereocenters. The predicted molar refractivity (Wildman–Crippen MR) is 64.5 cm³/mol. The maximum atomic E-state index is 11.4. The number of carboxylic acid groups (broad SMARTS) is 1. The molecule has 1 aromatic heterocycles. The molecule has 9 heteroatoms. The Bertz CT molecular complexity index is 395. The fourth-order valence-corrected chi connectivity index (χ4v) is 1.34. The summed E-state index contributed by atoms with van der Waals surface area (Å²) in [5.41, 5.74) is 0. The van der Waals surface area contributed by atoms with Gasteiger partial charge in [0.05, 0.1) is 25.3 Å². The average molecular weight is 271 g/mol. The minimum atomic E-state index is -0.972. The molecule has 2 amide bonds. The van der Waals surface area contributed by atoms with Gasteiger partial charge in [-0.2, -0.15) is 0 Å². The quantitative estimate of drug-likeness (QED) is 0.562. The summed E-state index contributed by atoms with van der Waals surface area (Å²) in [6, 6.07) is -0.382. The number of aliphatic carboxylic acids is 1. The monoisotopic (exact) mass is 271 g/mol. The van der Waals surface area contributed by atoms with Crippen molar-refractivity contribution in [2.45, 2.75) is 19.1 Å². The van der Waals surface area contributed by atoms with Crippen molar-refractivity contribution in [1.82, 2.24) is 25.6 Å². The molecule has 0 aliphatic rings. The number of carboxylic acids is 1. The van der Waals surface area contributed by atoms with Crippen molar-refractivity contribution in [2.75, 3.05) is 20.2 Å². The molecule has 0 radical (unpaired) electrons. The highest BCUT2D eigenvalue weighted by molar-refractivity contribution is 5.74. The van der Waals surface area contributed by atoms with Crippen LogP contribution in [-0.2, 0) is 16.1 Å². The summed E-state index contributed by atoms with van der Waals surface area (Å²) in [5, 5.41) is 21.1. The third-order valence-corrected chi connectivity index (χ3v) is 2.32. The van der Waals surface area contributed by atoms with E-state index in [9.17, 15) is 9.59 Å². The van der Waals surface area contributed by atoms with E-state index in [-0.39, 0.29) is 19.0 Å². The van der Waals surface area contributed by atoms with Crippen molar-refractivity contribution in [3.05, 3.63) is 12.4 Å². The molecule has 1 atom stereocenters. The molecule has 0 aliphatic carbocycles. The van der Waals surface area contributed by atoms with Gasteiger partial charge in [0, 0.05) is 26.4 Å². The molecule has 0 saturated heterocycles. The number of urea groups is 1. The van der Waals surface area contributed by atoms with E-state index in [2.05, 4.69) is 20.9 Å². The number of methoxy groups -OCH3 is 1. The predicted octanol–water partition coefficient (Wildman–Crippen LogP) is -0.933. The lowest BCUT2D eigenvalue weighted by atomic mass is 10.2. The van der Waals surface area contributed by atoms with Crippen LogP contribution in [0.25, 0.3) is 0 Å². The Hall–Kier alpha value is -2.16. The molecule has 0 aromatic carbocycles. The van der Waals surface area contributed by atoms with Crippen molar-refractivity contribution < 1.29 is 19.4 Å². The van der Waals surface area contributed by atoms with Crippen LogP contribution < -0.4 is 10.6 Å². The SMILES string of the molecule is COC(CNC(=O)NCCn1ccnn1)CC(=O)O. The lowest BCUT2D eigenvalue weighted by Crippen LogP contribution is -2.41. The van der Waals surface area contributed by atoms with Gasteiger partial charge in [0.2, 0.25) is 0 Å². The minimum absolute atomic E-state index is 0.137. The van der Waals surface area contributed by atoms with Crippen LogP contribution in [0.15, 0.2) is 12.4 Å². The summed E-state index contributed by atoms with van der Waals surface area (Å²) >= 11 is 0. The first-order valence-electron chi connectivity index (χ1n) is 5.72. The highest BCUT2D eigenvalue weighted by atomic mass is 16.5. The van der Waals surface area contributed by atoms with Gasteiger partial charge in [-0.25, -0.2) is 4.79 Å². The van der Waals surface area contributed by atoms with E-state index >= 15 is 0 Å². The van der Waals surface area contributed by atoms with E-state index in [0.29, 0.717) is 13.1 Å². The number of amides is 2. The minimum Gasteiger partial charge on any atom is -0.481 e. The molecule has 1 rings (SSSR count). The fraction of sp³-hybridized carbons (Fsp3) is 0.600. The summed E-state index contributed by atoms with van der Waals surface area (Å²) in [6.07, 6.45) is 2.54. The maximum absolute atomic E-state index is 11.4. The van der Waals surface area contributed by atoms with Crippen molar-refractivity contribution >= 4 is 12.0 Å². The molecule has 0 saturated carbocycles. The molecule has 0 fully saturated rings. The van der Waals surface area contributed by atoms with Crippen LogP contribution in [0.3, 0.4) is 0 Å². The topological polar surface area (TPSA) is 118 Å². The average Bonchev–Trinajstić information content (AvgIpc) is 2.87. The number of aromatic nitrogens is 3. The summed E-state index contributed by atoms with van der Waals surface area (Å²) in [6.45, 7) is 1.04. The highest BCUT2D eigenvalue weighted by Gasteiger charge is 2.13. The number of nitrogens with one attached hydrogen (secondary N) is 2. The Kier molecular flexibility index (Phi) is 6.30. The molecule has 1 heterocycles. The van der Waals surface area contributed by atoms with Gasteiger partial charge in [-0.15, -0.1) is 5.10 Å². The van der Waals surface area contributed by atoms with E-state index in [0.717, 1.165) is 0 Å². The normalized spacial score (nSPS) is 11.8. The number of hydrogen-bond acceptors (Lipinski definition) is 5. The first-order valence-corrected chi connectivity index (χ1v) is 5.72. The van der Waals surface area contributed by atoms with Gasteiger partial charge in [0.1, 0.15) is 0 Å². The fourth-order valence-electron chi connectivity index (χ4n) is 1.34. The Balaban J connectivity index is 2.14. The van der Waals surface area contributed by atoms with Gasteiger partial charge >= 0.3 is 12.0 Å². The van der Waals surface area contributed by atoms with E-state index < -0.39 is 12.1 Å². The zero-order valence-corrected chi connectivity index (χ0v) is 10.6. The molecule has 9 nitrogen and oxygen atoms in total. The molecule has 0 spiro atoms. The first kappa shape index (κ1) is 14.9. The Labute approximate surface area is 109 Å². The molecular formula is C10H17N5O4. The van der Waals surface area contributed by atoms with Gasteiger partial charge in [-0.1, -0.05) is 5.21 Å². The summed E-state index contributed by atoms with van der Waals surface area (Å²) in [5.74, 6) is -0.972. The number of ether oxygens (including phenoxy) is 1. The highest BCUT2D eigenvalue weighted by Crippen LogP contribution is 1.95. The second-order valence-electron chi connectivity index (χ2n) is 3.76. The summed E-state index contributed by atoms with van der Waals surface area (Å²) in [4.78, 5) is 21.9. The number of nitrogens with zero attached hydrogens (tertiary/aromatic N) is 3. The number of carbonyl (C=O) groups is 2. The Morgan fingerprint density at radius 2 is 2.26 bits per heavy atom. The van der Waals surface area contributed by atoms with Crippen molar-refractivity contribution in [1.29, 1.82) is 0 Å². The van der Waals surface area contributed by atoms with Crippen LogP contribution in [0.1, 0.15) is 6.42 Å². The first-order chi connectivity index (χ1) is 9.11. The van der Waals surface area contributed by atoms with Crippen LogP contribution >= 0.6 is 0 Å². The van der Waals surface area contributed by atoms with Crippen molar-refractivity contribution in [3.8, 4) is 0 Å². The largest absolute Gasteiger partial charge is 0.481 e. The van der Waals surface area contributed by atoms with Crippen LogP contribution in [-0.4, -0.2) is 58.4 Å². The van der Waals surface area contributed by atoms with E-state index in [4.69, 9.17) is 9.84 Å². The van der Waals surface area contributed by atoms with E-state index in [1.54, 1.807) is 17.1 Å². The molecule has 3 N–H and O–H groups in total. The number of hydrogen-bond donors (Lipinski definition) is 3. The molecule has 106 valence electrons. The Morgan fingerprint density at radius 1 is 1.47 bits per heavy atom. The molecular weight excluding hydrogens is 254 g/mol. The Morgan fingerprint density at radius 3 is 2.84 bits per heavy atom. The standard InChI is InChI=1S/C10H17N5O4/c1-19-8(6-9(16)17)7-12-10(18)11-2-4-15-5-3-13-14-15/h3,5,8H,2,4,6-7H2,1H3,(H,16,17)(H2,11,12,18). The van der Waals surface area contributed by atoms with Crippen molar-refractivity contribution in [2.24, 2.45) is 0 Å². The van der Waals surface area contributed by atoms with Gasteiger partial charge in [-0.05, 0) is 0 Å². The number of rotatable bonds is 8. The van der Waals surface area contributed by atoms with Gasteiger partial charge < -0.3 is 20.5 Å². The second kappa shape index (κ2) is 8.03. The third kappa shape index (κ3) is 6.36. The number of carbonyl (C=O) groups excluding carboxylic acids is 1. The summed E-state index contributed by atoms with van der Waals surface area (Å²) in [7, 11) is 1.40. The molecule has 0 bridgehead atoms. The zero-order chi connectivity index (χ0) is 14.1. The van der Waals surface area contributed by atoms with Gasteiger partial charge in [0.15, 0.2) is 0 Å². The van der Waals surface area contributed by atoms with E-state index in [1.165, 1.54) is 7.11 Å². The van der Waals surface area contributed by atoms with Crippen LogP contribution in [0.5, 0.6) is 0 Å².